The van der Waals surface area contributed by atoms with Crippen LogP contribution in [0.1, 0.15) is 130 Å². The number of nitrogens with one attached hydrogen (secondary N) is 3. The molecule has 1 aromatic carbocycles. The third-order valence-corrected chi connectivity index (χ3v) is 8.85. The molecule has 2 saturated carbocycles. The zero-order valence-electron chi connectivity index (χ0n) is 55.5. The number of nitrogens with zero attached hydrogens (tertiary/aromatic N) is 2. The average molecular weight is 762 g/mol. The van der Waals surface area contributed by atoms with Crippen LogP contribution in [0.2, 0.25) is 0 Å². The van der Waals surface area contributed by atoms with E-state index in [1.165, 1.54) is 4.72 Å². The summed E-state index contributed by atoms with van der Waals surface area (Å²) >= 11 is 0. The van der Waals surface area contributed by atoms with Crippen molar-refractivity contribution in [3.63, 3.8) is 0 Å². The maximum absolute atomic E-state index is 15.3. The predicted octanol–water partition coefficient (Wildman–Crippen LogP) is 3.14. The van der Waals surface area contributed by atoms with Gasteiger partial charge in [-0.15, -0.1) is 0 Å². The molecule has 2 aliphatic carbocycles. The minimum atomic E-state index is -5.97. The van der Waals surface area contributed by atoms with E-state index in [0.29, 0.717) is 6.07 Å². The van der Waals surface area contributed by atoms with Crippen LogP contribution in [0.4, 0.5) is 14.0 Å². The highest BCUT2D eigenvalue weighted by atomic mass is 32.2. The van der Waals surface area contributed by atoms with Crippen LogP contribution >= 0.6 is 0 Å². The highest BCUT2D eigenvalue weighted by Crippen LogP contribution is 2.46. The van der Waals surface area contributed by atoms with Crippen LogP contribution in [0.5, 0.6) is 0 Å². The van der Waals surface area contributed by atoms with E-state index in [1.54, 1.807) is 0 Å². The summed E-state index contributed by atoms with van der Waals surface area (Å²) in [5.41, 5.74) is -9.68. The zero-order chi connectivity index (χ0) is 63.1. The number of carbonyl (C=O) groups is 5. The molecule has 0 aromatic heterocycles. The van der Waals surface area contributed by atoms with Gasteiger partial charge >= 0.3 is 12.2 Å². The van der Waals surface area contributed by atoms with E-state index in [9.17, 15) is 29.0 Å². The Balaban J connectivity index is 1.60. The smallest absolute Gasteiger partial charge is 0.410 e. The first-order chi connectivity index (χ1) is 35.7. The van der Waals surface area contributed by atoms with Crippen molar-refractivity contribution in [3.05, 3.63) is 47.3 Å². The molecular formula is C35H46FN5O9S. The quantitative estimate of drug-likeness (QED) is 0.380. The van der Waals surface area contributed by atoms with Gasteiger partial charge in [0, 0.05) is 57.3 Å². The fourth-order valence-corrected chi connectivity index (χ4v) is 6.04. The fraction of sp³-hybridized carbons (Fsp3) is 0.629. The number of benzene rings is 1. The number of sulfonamides is 1. The lowest BCUT2D eigenvalue weighted by Crippen LogP contribution is -2.58. The van der Waals surface area contributed by atoms with Crippen molar-refractivity contribution >= 4 is 39.9 Å². The van der Waals surface area contributed by atoms with E-state index in [0.717, 1.165) is 17.4 Å². The summed E-state index contributed by atoms with van der Waals surface area (Å²) in [5.74, 6) is -10.2. The van der Waals surface area contributed by atoms with Gasteiger partial charge in [0.15, 0.2) is 0 Å². The second-order valence-electron chi connectivity index (χ2n) is 11.2. The molecule has 5 atom stereocenters. The molecule has 6 rings (SSSR count). The third kappa shape index (κ3) is 8.31. The summed E-state index contributed by atoms with van der Waals surface area (Å²) in [5, 5.41) is -1.03. The number of hydrogen-bond acceptors (Lipinski definition) is 9. The van der Waals surface area contributed by atoms with Gasteiger partial charge in [0.25, 0.3) is 5.91 Å². The van der Waals surface area contributed by atoms with Gasteiger partial charge in [-0.2, -0.15) is 0 Å². The van der Waals surface area contributed by atoms with Gasteiger partial charge in [-0.25, -0.2) is 22.4 Å². The first kappa shape index (κ1) is 14.7. The Bertz CT molecular complexity index is 2960. The lowest BCUT2D eigenvalue weighted by molar-refractivity contribution is -0.141. The Hall–Kier alpha value is -4.21. The zero-order valence-corrected chi connectivity index (χ0v) is 26.3. The van der Waals surface area contributed by atoms with Crippen LogP contribution in [-0.4, -0.2) is 89.2 Å². The third-order valence-electron chi connectivity index (χ3n) is 7.65. The van der Waals surface area contributed by atoms with E-state index >= 15 is 9.18 Å². The number of ether oxygens (including phenoxy) is 2. The van der Waals surface area contributed by atoms with Crippen molar-refractivity contribution in [3.8, 4) is 0 Å². The Morgan fingerprint density at radius 3 is 2.67 bits per heavy atom. The molecule has 1 aromatic rings. The molecule has 3 heterocycles. The number of rotatable bonds is 5. The Labute approximate surface area is 339 Å². The Morgan fingerprint density at radius 2 is 1.94 bits per heavy atom. The molecule has 5 aliphatic rings. The maximum atomic E-state index is 15.3. The molecule has 3 fully saturated rings. The van der Waals surface area contributed by atoms with E-state index in [2.05, 4.69) is 4.74 Å². The first-order valence-electron chi connectivity index (χ1n) is 29.4. The standard InChI is InChI=1S/C35H46FN5O9S/c1-34(2,3)50-32(45)37-27-13-8-6-4-5-7-11-22-17-35(22,31(44)39-51(47,48)24-14-15-24)38-29(42)28-16-23(19-41(28)30(27)43)49-33(46)40-18-21-10-9-12-26(36)25(21)20-40/h7,9-12,22-24,27-28H,4-6,8,13-20H2,1-3H3,(H,37,45)(H,38,42)(H,39,44)/b11-7+/t22-,23-,27+,28+,35+/m1/s1/i1D3,2D3,3D3,4D2,5D2,6D2,7D,8D2,13D2,14D2,15D2,18D2,20D2,24D,27D. The SMILES string of the molecule is [2H]/C1=C\[C@@H]2C[C@]2(C(=O)NS(=O)(=O)C2([2H])C([2H])([2H])C2([2H])[2H])NC(=O)[C@@H]2C[C@@H](OC(=O)N3C([2H])([2H])c4cccc(F)c4C3([2H])[2H])CN2C(=O)[C@@]([2H])(NC(=O)OC(C([2H])([2H])[2H])(C([2H])([2H])[2H])C([2H])([2H])[2H])C([2H])([2H])C([2H])([2H])C([2H])([2H])C([2H])([2H])C1([2H])[2H]. The monoisotopic (exact) mass is 761 g/mol. The van der Waals surface area contributed by atoms with Crippen LogP contribution < -0.4 is 15.4 Å². The Kier molecular flexibility index (Phi) is 4.05. The van der Waals surface area contributed by atoms with E-state index in [4.69, 9.17) is 44.5 Å². The van der Waals surface area contributed by atoms with Gasteiger partial charge in [0.05, 0.1) is 26.5 Å². The van der Waals surface area contributed by atoms with Crippen LogP contribution in [0.15, 0.2) is 30.3 Å². The van der Waals surface area contributed by atoms with Gasteiger partial charge in [-0.3, -0.25) is 24.0 Å². The van der Waals surface area contributed by atoms with Crippen molar-refractivity contribution in [2.24, 2.45) is 5.92 Å². The lowest BCUT2D eigenvalue weighted by atomic mass is 10.0. The number of halogens is 1. The molecule has 278 valence electrons. The summed E-state index contributed by atoms with van der Waals surface area (Å²) in [4.78, 5) is 72.0. The fourth-order valence-electron chi connectivity index (χ4n) is 5.19. The van der Waals surface area contributed by atoms with Crippen molar-refractivity contribution in [2.45, 2.75) is 126 Å². The molecule has 5 amide bonds. The van der Waals surface area contributed by atoms with Crippen LogP contribution in [-0.2, 0) is 46.9 Å². The first-order valence-corrected chi connectivity index (χ1v) is 15.9. The molecule has 3 aliphatic heterocycles. The second-order valence-corrected chi connectivity index (χ2v) is 12.8. The van der Waals surface area contributed by atoms with Crippen LogP contribution in [0, 0.1) is 11.7 Å². The van der Waals surface area contributed by atoms with Gasteiger partial charge in [-0.1, -0.05) is 37.0 Å². The highest BCUT2D eigenvalue weighted by Gasteiger charge is 2.62. The molecule has 0 bridgehead atoms. The van der Waals surface area contributed by atoms with Crippen molar-refractivity contribution in [1.82, 2.24) is 25.2 Å². The van der Waals surface area contributed by atoms with Gasteiger partial charge in [-0.05, 0) is 70.5 Å². The largest absolute Gasteiger partial charge is 0.444 e. The molecule has 3 N–H and O–H groups in total. The molecule has 16 heteroatoms. The number of allylic oxidation sites excluding steroid dienone is 1. The summed E-state index contributed by atoms with van der Waals surface area (Å²) in [6, 6.07) is -7.17. The minimum absolute atomic E-state index is 0.219. The number of fused-ring (bicyclic) bond motifs is 3. The van der Waals surface area contributed by atoms with Crippen molar-refractivity contribution < 1.29 is 87.4 Å². The van der Waals surface area contributed by atoms with E-state index in [-0.39, 0.29) is 15.9 Å². The number of amides is 5. The maximum Gasteiger partial charge on any atom is 0.410 e. The summed E-state index contributed by atoms with van der Waals surface area (Å²) < 4.78 is 303. The van der Waals surface area contributed by atoms with Crippen molar-refractivity contribution in [1.29, 1.82) is 0 Å². The summed E-state index contributed by atoms with van der Waals surface area (Å²) in [7, 11) is -5.97. The minimum Gasteiger partial charge on any atom is -0.444 e. The Morgan fingerprint density at radius 1 is 1.16 bits per heavy atom. The lowest BCUT2D eigenvalue weighted by Gasteiger charge is -2.30. The average Bonchev–Trinajstić information content (AvgIpc) is 3.55. The van der Waals surface area contributed by atoms with E-state index in [1.807, 2.05) is 5.32 Å². The van der Waals surface area contributed by atoms with Crippen LogP contribution in [0.3, 0.4) is 0 Å². The summed E-state index contributed by atoms with van der Waals surface area (Å²) in [6.07, 6.45) is -41.2. The highest BCUT2D eigenvalue weighted by molar-refractivity contribution is 7.91. The van der Waals surface area contributed by atoms with E-state index < -0.39 is 201 Å². The number of carbonyl (C=O) groups excluding carboxylic acids is 5. The predicted molar refractivity (Wildman–Crippen MR) is 180 cm³/mol. The topological polar surface area (TPSA) is 181 Å². The van der Waals surface area contributed by atoms with Crippen molar-refractivity contribution in [2.75, 3.05) is 6.54 Å². The van der Waals surface area contributed by atoms with Gasteiger partial charge in [0.2, 0.25) is 21.8 Å². The molecular weight excluding hydrogens is 685 g/mol. The number of alkyl carbamates (subject to hydrolysis) is 1. The van der Waals surface area contributed by atoms with Gasteiger partial charge in [0.1, 0.15) is 35.1 Å². The molecule has 0 spiro atoms. The van der Waals surface area contributed by atoms with Crippen LogP contribution in [0.25, 0.3) is 0 Å². The van der Waals surface area contributed by atoms with Gasteiger partial charge < -0.3 is 25.0 Å². The second kappa shape index (κ2) is 14.1. The molecule has 51 heavy (non-hydrogen) atoms. The molecule has 0 unspecified atom stereocenters. The normalized spacial score (nSPS) is 49.9. The summed E-state index contributed by atoms with van der Waals surface area (Å²) in [6.45, 7) is -22.0. The molecule has 14 nitrogen and oxygen atoms in total. The number of hydrogen-bond donors (Lipinski definition) is 3. The molecule has 1 saturated heterocycles. The molecule has 0 radical (unpaired) electrons.